The van der Waals surface area contributed by atoms with Gasteiger partial charge in [-0.05, 0) is 38.1 Å². The summed E-state index contributed by atoms with van der Waals surface area (Å²) in [4.78, 5) is 7.32. The summed E-state index contributed by atoms with van der Waals surface area (Å²) in [5, 5.41) is -0.0894. The molecule has 98 valence electrons. The number of para-hydroxylation sites is 2. The Morgan fingerprint density at radius 2 is 2.05 bits per heavy atom. The van der Waals surface area contributed by atoms with Gasteiger partial charge in [-0.3, -0.25) is 0 Å². The highest BCUT2D eigenvalue weighted by Crippen LogP contribution is 2.27. The van der Waals surface area contributed by atoms with E-state index in [-0.39, 0.29) is 5.38 Å². The summed E-state index contributed by atoms with van der Waals surface area (Å²) in [5.74, 6) is 0.939. The van der Waals surface area contributed by atoms with Gasteiger partial charge in [0.15, 0.2) is 0 Å². The van der Waals surface area contributed by atoms with E-state index in [1.807, 2.05) is 36.5 Å². The van der Waals surface area contributed by atoms with E-state index in [0.29, 0.717) is 0 Å². The van der Waals surface area contributed by atoms with Gasteiger partial charge in [0.05, 0.1) is 23.0 Å². The third kappa shape index (κ3) is 2.40. The van der Waals surface area contributed by atoms with E-state index in [2.05, 4.69) is 34.7 Å². The Hall–Kier alpha value is -1.32. The van der Waals surface area contributed by atoms with Crippen LogP contribution in [-0.4, -0.2) is 9.55 Å². The lowest BCUT2D eigenvalue weighted by Crippen LogP contribution is -2.04. The Kier molecular flexibility index (Phi) is 3.33. The molecule has 2 aromatic heterocycles. The summed E-state index contributed by atoms with van der Waals surface area (Å²) >= 11 is 8.09. The van der Waals surface area contributed by atoms with Crippen molar-refractivity contribution in [1.29, 1.82) is 0 Å². The maximum atomic E-state index is 6.27. The predicted octanol–water partition coefficient (Wildman–Crippen LogP) is 4.75. The second-order valence-electron chi connectivity index (χ2n) is 4.67. The minimum atomic E-state index is -0.0894. The molecule has 0 aliphatic heterocycles. The average Bonchev–Trinajstić information content (AvgIpc) is 2.95. The quantitative estimate of drug-likeness (QED) is 0.636. The Balaban J connectivity index is 2.12. The predicted molar refractivity (Wildman–Crippen MR) is 82.2 cm³/mol. The van der Waals surface area contributed by atoms with Gasteiger partial charge in [-0.15, -0.1) is 22.9 Å². The largest absolute Gasteiger partial charge is 0.321 e. The van der Waals surface area contributed by atoms with Gasteiger partial charge in [-0.2, -0.15) is 0 Å². The van der Waals surface area contributed by atoms with Gasteiger partial charge in [0.1, 0.15) is 5.82 Å². The highest BCUT2D eigenvalue weighted by atomic mass is 35.5. The van der Waals surface area contributed by atoms with Crippen molar-refractivity contribution in [2.24, 2.45) is 0 Å². The summed E-state index contributed by atoms with van der Waals surface area (Å²) < 4.78 is 2.22. The third-order valence-electron chi connectivity index (χ3n) is 3.15. The van der Waals surface area contributed by atoms with Crippen molar-refractivity contribution >= 4 is 34.0 Å². The molecule has 2 nitrogen and oxygen atoms in total. The van der Waals surface area contributed by atoms with Gasteiger partial charge in [0, 0.05) is 9.75 Å². The molecule has 1 aromatic carbocycles. The zero-order chi connectivity index (χ0) is 13.4. The fraction of sp³-hybridized carbons (Fsp3) is 0.267. The van der Waals surface area contributed by atoms with Crippen LogP contribution in [0.15, 0.2) is 36.4 Å². The van der Waals surface area contributed by atoms with Gasteiger partial charge in [-0.1, -0.05) is 12.1 Å². The number of fused-ring (bicyclic) bond motifs is 1. The Morgan fingerprint density at radius 1 is 1.26 bits per heavy atom. The lowest BCUT2D eigenvalue weighted by atomic mass is 10.3. The highest BCUT2D eigenvalue weighted by molar-refractivity contribution is 7.11. The lowest BCUT2D eigenvalue weighted by Gasteiger charge is -2.09. The molecule has 4 heteroatoms. The molecule has 2 heterocycles. The molecule has 0 fully saturated rings. The number of alkyl halides is 1. The minimum absolute atomic E-state index is 0.0894. The second-order valence-corrected chi connectivity index (χ2v) is 6.70. The number of aryl methyl sites for hydroxylation is 1. The molecular formula is C15H15ClN2S. The van der Waals surface area contributed by atoms with Crippen LogP contribution >= 0.6 is 22.9 Å². The van der Waals surface area contributed by atoms with Crippen molar-refractivity contribution in [2.45, 2.75) is 25.8 Å². The van der Waals surface area contributed by atoms with Crippen LogP contribution in [0.5, 0.6) is 0 Å². The van der Waals surface area contributed by atoms with Crippen LogP contribution in [0.4, 0.5) is 0 Å². The van der Waals surface area contributed by atoms with Gasteiger partial charge in [0.25, 0.3) is 0 Å². The minimum Gasteiger partial charge on any atom is -0.321 e. The van der Waals surface area contributed by atoms with E-state index in [1.54, 1.807) is 0 Å². The highest BCUT2D eigenvalue weighted by Gasteiger charge is 2.15. The molecular weight excluding hydrogens is 276 g/mol. The van der Waals surface area contributed by atoms with Gasteiger partial charge >= 0.3 is 0 Å². The summed E-state index contributed by atoms with van der Waals surface area (Å²) in [6.07, 6.45) is 0. The van der Waals surface area contributed by atoms with Crippen LogP contribution < -0.4 is 0 Å². The summed E-state index contributed by atoms with van der Waals surface area (Å²) in [7, 11) is 0. The molecule has 0 aliphatic rings. The standard InChI is InChI=1S/C15H15ClN2S/c1-10-7-8-12(19-10)9-18-14-6-4-3-5-13(14)17-15(18)11(2)16/h3-8,11H,9H2,1-2H3. The van der Waals surface area contributed by atoms with Crippen LogP contribution in [0.25, 0.3) is 11.0 Å². The molecule has 19 heavy (non-hydrogen) atoms. The average molecular weight is 291 g/mol. The van der Waals surface area contributed by atoms with E-state index >= 15 is 0 Å². The number of hydrogen-bond acceptors (Lipinski definition) is 2. The molecule has 0 N–H and O–H groups in total. The van der Waals surface area contributed by atoms with Crippen molar-refractivity contribution in [2.75, 3.05) is 0 Å². The van der Waals surface area contributed by atoms with Crippen molar-refractivity contribution in [3.63, 3.8) is 0 Å². The molecule has 0 aliphatic carbocycles. The number of nitrogens with zero attached hydrogens (tertiary/aromatic N) is 2. The normalized spacial score (nSPS) is 13.0. The number of aromatic nitrogens is 2. The lowest BCUT2D eigenvalue weighted by molar-refractivity contribution is 0.750. The number of hydrogen-bond donors (Lipinski definition) is 0. The molecule has 0 saturated carbocycles. The van der Waals surface area contributed by atoms with E-state index in [9.17, 15) is 0 Å². The molecule has 0 spiro atoms. The Labute approximate surface area is 121 Å². The van der Waals surface area contributed by atoms with Crippen molar-refractivity contribution in [3.8, 4) is 0 Å². The Morgan fingerprint density at radius 3 is 2.74 bits per heavy atom. The van der Waals surface area contributed by atoms with Gasteiger partial charge in [-0.25, -0.2) is 4.98 Å². The van der Waals surface area contributed by atoms with Crippen LogP contribution in [0.3, 0.4) is 0 Å². The number of halogens is 1. The van der Waals surface area contributed by atoms with E-state index < -0.39 is 0 Å². The van der Waals surface area contributed by atoms with Crippen LogP contribution in [0, 0.1) is 6.92 Å². The smallest absolute Gasteiger partial charge is 0.128 e. The maximum absolute atomic E-state index is 6.27. The SMILES string of the molecule is Cc1ccc(Cn2c(C(C)Cl)nc3ccccc32)s1. The zero-order valence-corrected chi connectivity index (χ0v) is 12.5. The number of benzene rings is 1. The van der Waals surface area contributed by atoms with Gasteiger partial charge < -0.3 is 4.57 Å². The van der Waals surface area contributed by atoms with Crippen molar-refractivity contribution < 1.29 is 0 Å². The number of rotatable bonds is 3. The number of imidazole rings is 1. The fourth-order valence-corrected chi connectivity index (χ4v) is 3.34. The molecule has 0 radical (unpaired) electrons. The first-order valence-electron chi connectivity index (χ1n) is 6.29. The van der Waals surface area contributed by atoms with Crippen LogP contribution in [0.1, 0.15) is 27.9 Å². The fourth-order valence-electron chi connectivity index (χ4n) is 2.29. The molecule has 3 aromatic rings. The van der Waals surface area contributed by atoms with E-state index in [0.717, 1.165) is 23.4 Å². The maximum Gasteiger partial charge on any atom is 0.128 e. The summed E-state index contributed by atoms with van der Waals surface area (Å²) in [6.45, 7) is 4.94. The van der Waals surface area contributed by atoms with Crippen molar-refractivity contribution in [3.05, 3.63) is 52.0 Å². The topological polar surface area (TPSA) is 17.8 Å². The zero-order valence-electron chi connectivity index (χ0n) is 10.9. The van der Waals surface area contributed by atoms with Crippen LogP contribution in [0.2, 0.25) is 0 Å². The molecule has 1 unspecified atom stereocenters. The summed E-state index contributed by atoms with van der Waals surface area (Å²) in [6, 6.07) is 12.5. The first-order valence-corrected chi connectivity index (χ1v) is 7.55. The second kappa shape index (κ2) is 4.99. The Bertz CT molecular complexity index is 712. The first-order chi connectivity index (χ1) is 9.15. The van der Waals surface area contributed by atoms with E-state index in [1.165, 1.54) is 9.75 Å². The third-order valence-corrected chi connectivity index (χ3v) is 4.33. The first kappa shape index (κ1) is 12.7. The van der Waals surface area contributed by atoms with Crippen LogP contribution in [-0.2, 0) is 6.54 Å². The molecule has 0 amide bonds. The molecule has 0 bridgehead atoms. The number of thiophene rings is 1. The monoisotopic (exact) mass is 290 g/mol. The molecule has 0 saturated heterocycles. The van der Waals surface area contributed by atoms with Gasteiger partial charge in [0.2, 0.25) is 0 Å². The molecule has 3 rings (SSSR count). The molecule has 1 atom stereocenters. The van der Waals surface area contributed by atoms with Crippen molar-refractivity contribution in [1.82, 2.24) is 9.55 Å². The van der Waals surface area contributed by atoms with E-state index in [4.69, 9.17) is 11.6 Å². The summed E-state index contributed by atoms with van der Waals surface area (Å²) in [5.41, 5.74) is 2.16.